The normalized spacial score (nSPS) is 12.2. The van der Waals surface area contributed by atoms with Crippen LogP contribution in [0.4, 0.5) is 0 Å². The summed E-state index contributed by atoms with van der Waals surface area (Å²) in [5.41, 5.74) is 0. The maximum atomic E-state index is 5.44. The van der Waals surface area contributed by atoms with E-state index in [2.05, 4.69) is 24.3 Å². The summed E-state index contributed by atoms with van der Waals surface area (Å²) in [4.78, 5) is 0. The summed E-state index contributed by atoms with van der Waals surface area (Å²) in [6.45, 7) is 0. The molecule has 22 heavy (non-hydrogen) atoms. The zero-order valence-electron chi connectivity index (χ0n) is 12.8. The Morgan fingerprint density at radius 3 is 0.909 bits per heavy atom. The first-order valence-corrected chi connectivity index (χ1v) is 11.2. The van der Waals surface area contributed by atoms with Gasteiger partial charge in [0, 0.05) is 0 Å². The van der Waals surface area contributed by atoms with Gasteiger partial charge in [0.1, 0.15) is 0 Å². The molecule has 6 heteroatoms. The molecule has 1 aliphatic rings. The summed E-state index contributed by atoms with van der Waals surface area (Å²) in [5, 5.41) is 0. The molecule has 2 aromatic carbocycles. The van der Waals surface area contributed by atoms with Gasteiger partial charge in [-0.15, -0.1) is 0 Å². The van der Waals surface area contributed by atoms with Crippen LogP contribution in [0.5, 0.6) is 23.0 Å². The van der Waals surface area contributed by atoms with Crippen LogP contribution in [0.25, 0.3) is 0 Å². The van der Waals surface area contributed by atoms with Crippen LogP contribution in [0.15, 0.2) is 24.3 Å². The number of methoxy groups -OCH3 is 4. The van der Waals surface area contributed by atoms with Crippen molar-refractivity contribution < 1.29 is 18.9 Å². The Hall–Kier alpha value is -0.781. The van der Waals surface area contributed by atoms with E-state index in [-0.39, 0.29) is 0 Å². The van der Waals surface area contributed by atoms with Crippen molar-refractivity contribution in [1.82, 2.24) is 0 Å². The Morgan fingerprint density at radius 1 is 0.500 bits per heavy atom. The van der Waals surface area contributed by atoms with E-state index < -0.39 is 41.8 Å². The Bertz CT molecular complexity index is 596. The average Bonchev–Trinajstić information content (AvgIpc) is 2.57. The van der Waals surface area contributed by atoms with Gasteiger partial charge >= 0.3 is 151 Å². The molecule has 2 aromatic rings. The summed E-state index contributed by atoms with van der Waals surface area (Å²) in [5.74, 6) is 3.29. The molecule has 0 saturated carbocycles. The van der Waals surface area contributed by atoms with Gasteiger partial charge < -0.3 is 0 Å². The number of benzene rings is 2. The van der Waals surface area contributed by atoms with Crippen LogP contribution in [0, 0.1) is 0 Å². The molecule has 4 nitrogen and oxygen atoms in total. The molecule has 0 fully saturated rings. The standard InChI is InChI=1S/C16H16O4Te2/c1-17-9-5-13-14(6-10(9)18-2)22-16-8-12(20-4)11(19-3)7-15(16)21-13/h5-8H,1-4H3. The fraction of sp³-hybridized carbons (Fsp3) is 0.250. The minimum absolute atomic E-state index is 0.451. The van der Waals surface area contributed by atoms with E-state index in [9.17, 15) is 0 Å². The molecular formula is C16H16O4Te2. The van der Waals surface area contributed by atoms with E-state index in [1.54, 1.807) is 28.4 Å². The quantitative estimate of drug-likeness (QED) is 0.423. The maximum absolute atomic E-state index is 5.44. The van der Waals surface area contributed by atoms with Gasteiger partial charge in [0.15, 0.2) is 0 Å². The number of ether oxygens (including phenoxy) is 4. The molecule has 0 spiro atoms. The Kier molecular flexibility index (Phi) is 4.95. The summed E-state index contributed by atoms with van der Waals surface area (Å²) < 4.78 is 27.5. The molecule has 0 N–H and O–H groups in total. The SMILES string of the molecule is COc1cc2c(cc1OC)[Te]c1cc(OC)c(OC)cc1[Te]2. The van der Waals surface area contributed by atoms with Crippen molar-refractivity contribution in [2.45, 2.75) is 0 Å². The van der Waals surface area contributed by atoms with Gasteiger partial charge in [-0.05, 0) is 0 Å². The van der Waals surface area contributed by atoms with Crippen LogP contribution in [0.1, 0.15) is 0 Å². The topological polar surface area (TPSA) is 36.9 Å². The van der Waals surface area contributed by atoms with E-state index >= 15 is 0 Å². The Labute approximate surface area is 150 Å². The number of fused-ring (bicyclic) bond motifs is 2. The van der Waals surface area contributed by atoms with Crippen molar-refractivity contribution in [3.05, 3.63) is 24.3 Å². The van der Waals surface area contributed by atoms with Gasteiger partial charge in [-0.25, -0.2) is 0 Å². The van der Waals surface area contributed by atoms with E-state index in [0.29, 0.717) is 0 Å². The molecule has 0 aromatic heterocycles. The number of hydrogen-bond acceptors (Lipinski definition) is 4. The second-order valence-corrected chi connectivity index (χ2v) is 10.7. The van der Waals surface area contributed by atoms with Gasteiger partial charge in [-0.1, -0.05) is 0 Å². The Morgan fingerprint density at radius 2 is 0.727 bits per heavy atom. The van der Waals surface area contributed by atoms with E-state index in [0.717, 1.165) is 23.0 Å². The summed E-state index contributed by atoms with van der Waals surface area (Å²) >= 11 is -0.902. The van der Waals surface area contributed by atoms with Crippen LogP contribution in [0.3, 0.4) is 0 Å². The zero-order chi connectivity index (χ0) is 15.7. The number of hydrogen-bond donors (Lipinski definition) is 0. The van der Waals surface area contributed by atoms with Gasteiger partial charge in [0.05, 0.1) is 0 Å². The van der Waals surface area contributed by atoms with Crippen LogP contribution in [-0.2, 0) is 0 Å². The molecule has 0 unspecified atom stereocenters. The van der Waals surface area contributed by atoms with Crippen molar-refractivity contribution in [1.29, 1.82) is 0 Å². The average molecular weight is 528 g/mol. The molecule has 0 bridgehead atoms. The number of rotatable bonds is 4. The first kappa shape index (κ1) is 16.1. The van der Waals surface area contributed by atoms with Gasteiger partial charge in [0.2, 0.25) is 0 Å². The molecule has 0 saturated heterocycles. The predicted molar refractivity (Wildman–Crippen MR) is 89.1 cm³/mol. The van der Waals surface area contributed by atoms with Crippen molar-refractivity contribution >= 4 is 56.3 Å². The molecule has 3 rings (SSSR count). The third kappa shape index (κ3) is 2.86. The van der Waals surface area contributed by atoms with Crippen LogP contribution in [0.2, 0.25) is 0 Å². The van der Waals surface area contributed by atoms with Crippen molar-refractivity contribution in [3.8, 4) is 23.0 Å². The molecule has 116 valence electrons. The summed E-state index contributed by atoms with van der Waals surface area (Å²) in [6.07, 6.45) is 0. The molecule has 1 heterocycles. The van der Waals surface area contributed by atoms with Crippen molar-refractivity contribution in [2.24, 2.45) is 0 Å². The van der Waals surface area contributed by atoms with Gasteiger partial charge in [-0.2, -0.15) is 0 Å². The molecular weight excluding hydrogens is 511 g/mol. The second-order valence-electron chi connectivity index (χ2n) is 4.51. The van der Waals surface area contributed by atoms with Crippen LogP contribution < -0.4 is 33.4 Å². The van der Waals surface area contributed by atoms with E-state index in [1.165, 1.54) is 14.4 Å². The van der Waals surface area contributed by atoms with Crippen LogP contribution in [-0.4, -0.2) is 70.3 Å². The first-order valence-electron chi connectivity index (χ1n) is 6.58. The molecule has 0 aliphatic carbocycles. The van der Waals surface area contributed by atoms with Crippen molar-refractivity contribution in [3.63, 3.8) is 0 Å². The second kappa shape index (κ2) is 6.77. The predicted octanol–water partition coefficient (Wildman–Crippen LogP) is -0.656. The van der Waals surface area contributed by atoms with E-state index in [1.807, 2.05) is 0 Å². The fourth-order valence-electron chi connectivity index (χ4n) is 2.24. The Balaban J connectivity index is 2.05. The molecule has 0 amide bonds. The molecule has 1 aliphatic heterocycles. The fourth-order valence-corrected chi connectivity index (χ4v) is 10.5. The zero-order valence-corrected chi connectivity index (χ0v) is 17.4. The monoisotopic (exact) mass is 532 g/mol. The first-order chi connectivity index (χ1) is 10.7. The summed E-state index contributed by atoms with van der Waals surface area (Å²) in [7, 11) is 6.75. The van der Waals surface area contributed by atoms with Gasteiger partial charge in [0.25, 0.3) is 0 Å². The van der Waals surface area contributed by atoms with Crippen LogP contribution >= 0.6 is 0 Å². The molecule has 0 radical (unpaired) electrons. The third-order valence-electron chi connectivity index (χ3n) is 3.34. The van der Waals surface area contributed by atoms with E-state index in [4.69, 9.17) is 18.9 Å². The third-order valence-corrected chi connectivity index (χ3v) is 12.2. The minimum atomic E-state index is -0.451. The molecule has 0 atom stereocenters. The van der Waals surface area contributed by atoms with Crippen molar-refractivity contribution in [2.75, 3.05) is 28.4 Å². The summed E-state index contributed by atoms with van der Waals surface area (Å²) in [6, 6.07) is 8.61. The van der Waals surface area contributed by atoms with Gasteiger partial charge in [-0.3, -0.25) is 0 Å².